The van der Waals surface area contributed by atoms with Gasteiger partial charge in [0.25, 0.3) is 0 Å². The molecule has 0 aliphatic heterocycles. The van der Waals surface area contributed by atoms with Gasteiger partial charge in [-0.3, -0.25) is 0 Å². The minimum atomic E-state index is 0.321. The Morgan fingerprint density at radius 1 is 1.16 bits per heavy atom. The average molecular weight is 392 g/mol. The lowest BCUT2D eigenvalue weighted by Gasteiger charge is -2.24. The maximum atomic E-state index is 5.53. The first-order valence-corrected chi connectivity index (χ1v) is 8.34. The molecule has 3 unspecified atom stereocenters. The molecular weight excluding hydrogens is 372 g/mol. The van der Waals surface area contributed by atoms with Gasteiger partial charge in [-0.1, -0.05) is 35.7 Å². The maximum Gasteiger partial charge on any atom is 0.133 e. The quantitative estimate of drug-likeness (QED) is 0.645. The number of methoxy groups -OCH3 is 2. The molecule has 0 N–H and O–H groups in total. The third kappa shape index (κ3) is 3.10. The Balaban J connectivity index is 2.36. The molecule has 1 aromatic carbocycles. The molecule has 2 rings (SSSR count). The van der Waals surface area contributed by atoms with Crippen LogP contribution in [-0.2, 0) is 0 Å². The molecule has 0 radical (unpaired) electrons. The molecule has 2 nitrogen and oxygen atoms in total. The van der Waals surface area contributed by atoms with Crippen LogP contribution >= 0.6 is 31.9 Å². The number of hydrogen-bond donors (Lipinski definition) is 0. The van der Waals surface area contributed by atoms with E-state index >= 15 is 0 Å². The van der Waals surface area contributed by atoms with E-state index in [4.69, 9.17) is 9.47 Å². The Labute approximate surface area is 132 Å². The molecule has 0 amide bonds. The summed E-state index contributed by atoms with van der Waals surface area (Å²) in [5, 5.41) is 0. The van der Waals surface area contributed by atoms with Crippen molar-refractivity contribution in [3.63, 3.8) is 0 Å². The van der Waals surface area contributed by atoms with E-state index in [9.17, 15) is 0 Å². The van der Waals surface area contributed by atoms with Crippen LogP contribution in [0.1, 0.15) is 36.6 Å². The molecule has 1 aliphatic carbocycles. The van der Waals surface area contributed by atoms with E-state index < -0.39 is 0 Å². The van der Waals surface area contributed by atoms with Crippen molar-refractivity contribution < 1.29 is 9.47 Å². The first-order chi connectivity index (χ1) is 9.08. The predicted octanol–water partition coefficient (Wildman–Crippen LogP) is 5.34. The molecular formula is C15H20Br2O2. The zero-order chi connectivity index (χ0) is 14.0. The van der Waals surface area contributed by atoms with Gasteiger partial charge in [0, 0.05) is 10.4 Å². The second-order valence-electron chi connectivity index (χ2n) is 5.20. The first kappa shape index (κ1) is 15.2. The van der Waals surface area contributed by atoms with Gasteiger partial charge < -0.3 is 9.47 Å². The van der Waals surface area contributed by atoms with E-state index in [1.807, 2.05) is 6.07 Å². The van der Waals surface area contributed by atoms with Gasteiger partial charge in [0.05, 0.1) is 18.7 Å². The van der Waals surface area contributed by atoms with E-state index in [1.165, 1.54) is 24.8 Å². The average Bonchev–Trinajstić information content (AvgIpc) is 2.83. The van der Waals surface area contributed by atoms with Crippen molar-refractivity contribution in [2.75, 3.05) is 14.2 Å². The molecule has 0 spiro atoms. The Morgan fingerprint density at radius 2 is 1.84 bits per heavy atom. The van der Waals surface area contributed by atoms with Gasteiger partial charge in [0.1, 0.15) is 11.5 Å². The van der Waals surface area contributed by atoms with Crippen molar-refractivity contribution in [2.24, 2.45) is 11.8 Å². The lowest BCUT2D eigenvalue weighted by molar-refractivity contribution is 0.377. The van der Waals surface area contributed by atoms with Crippen LogP contribution in [0.25, 0.3) is 0 Å². The van der Waals surface area contributed by atoms with Crippen LogP contribution < -0.4 is 9.47 Å². The fourth-order valence-corrected chi connectivity index (χ4v) is 4.57. The molecule has 106 valence electrons. The Kier molecular flexibility index (Phi) is 5.18. The van der Waals surface area contributed by atoms with Crippen molar-refractivity contribution in [1.82, 2.24) is 0 Å². The van der Waals surface area contributed by atoms with Crippen LogP contribution in [0.2, 0.25) is 0 Å². The fourth-order valence-electron chi connectivity index (χ4n) is 2.94. The lowest BCUT2D eigenvalue weighted by atomic mass is 9.90. The molecule has 0 saturated heterocycles. The third-order valence-electron chi connectivity index (χ3n) is 4.10. The Bertz CT molecular complexity index is 448. The zero-order valence-corrected chi connectivity index (χ0v) is 14.8. The topological polar surface area (TPSA) is 18.5 Å². The number of alkyl halides is 1. The van der Waals surface area contributed by atoms with Gasteiger partial charge in [0.2, 0.25) is 0 Å². The van der Waals surface area contributed by atoms with Crippen LogP contribution in [0.3, 0.4) is 0 Å². The molecule has 1 aromatic rings. The summed E-state index contributed by atoms with van der Waals surface area (Å²) in [6, 6.07) is 4.06. The summed E-state index contributed by atoms with van der Waals surface area (Å²) in [7, 11) is 3.41. The summed E-state index contributed by atoms with van der Waals surface area (Å²) in [6.45, 7) is 2.34. The molecule has 19 heavy (non-hydrogen) atoms. The van der Waals surface area contributed by atoms with Crippen LogP contribution in [0.5, 0.6) is 11.5 Å². The lowest BCUT2D eigenvalue weighted by Crippen LogP contribution is -2.11. The molecule has 4 heteroatoms. The van der Waals surface area contributed by atoms with Gasteiger partial charge in [-0.05, 0) is 46.3 Å². The second kappa shape index (κ2) is 6.49. The smallest absolute Gasteiger partial charge is 0.133 e. The highest BCUT2D eigenvalue weighted by molar-refractivity contribution is 9.10. The van der Waals surface area contributed by atoms with Gasteiger partial charge >= 0.3 is 0 Å². The molecule has 1 saturated carbocycles. The standard InChI is InChI=1S/C15H20Br2O2/c1-9-5-4-6-10(9)15(17)11-7-14(19-3)12(16)8-13(11)18-2/h7-10,15H,4-6H2,1-3H3. The number of halogens is 2. The number of rotatable bonds is 4. The van der Waals surface area contributed by atoms with Crippen molar-refractivity contribution in [3.8, 4) is 11.5 Å². The molecule has 3 atom stereocenters. The van der Waals surface area contributed by atoms with Crippen molar-refractivity contribution in [3.05, 3.63) is 22.2 Å². The molecule has 1 fully saturated rings. The van der Waals surface area contributed by atoms with Crippen molar-refractivity contribution in [2.45, 2.75) is 31.0 Å². The molecule has 0 bridgehead atoms. The highest BCUT2D eigenvalue weighted by Crippen LogP contribution is 2.48. The van der Waals surface area contributed by atoms with E-state index in [0.717, 1.165) is 21.9 Å². The number of benzene rings is 1. The largest absolute Gasteiger partial charge is 0.496 e. The van der Waals surface area contributed by atoms with E-state index in [-0.39, 0.29) is 0 Å². The van der Waals surface area contributed by atoms with Crippen molar-refractivity contribution in [1.29, 1.82) is 0 Å². The van der Waals surface area contributed by atoms with Gasteiger partial charge in [0.15, 0.2) is 0 Å². The van der Waals surface area contributed by atoms with E-state index in [2.05, 4.69) is 44.8 Å². The van der Waals surface area contributed by atoms with E-state index in [1.54, 1.807) is 14.2 Å². The van der Waals surface area contributed by atoms with Crippen LogP contribution in [0.4, 0.5) is 0 Å². The zero-order valence-electron chi connectivity index (χ0n) is 11.6. The molecule has 1 aliphatic rings. The van der Waals surface area contributed by atoms with Crippen LogP contribution in [0.15, 0.2) is 16.6 Å². The second-order valence-corrected chi connectivity index (χ2v) is 7.04. The Morgan fingerprint density at radius 3 is 2.37 bits per heavy atom. The first-order valence-electron chi connectivity index (χ1n) is 6.64. The summed E-state index contributed by atoms with van der Waals surface area (Å²) in [5.41, 5.74) is 1.18. The van der Waals surface area contributed by atoms with Gasteiger partial charge in [-0.15, -0.1) is 0 Å². The normalized spacial score (nSPS) is 24.3. The monoisotopic (exact) mass is 390 g/mol. The molecule has 0 aromatic heterocycles. The summed E-state index contributed by atoms with van der Waals surface area (Å²) < 4.78 is 11.9. The minimum Gasteiger partial charge on any atom is -0.496 e. The summed E-state index contributed by atoms with van der Waals surface area (Å²) in [5.74, 6) is 3.18. The van der Waals surface area contributed by atoms with E-state index in [0.29, 0.717) is 10.7 Å². The maximum absolute atomic E-state index is 5.53. The summed E-state index contributed by atoms with van der Waals surface area (Å²) >= 11 is 7.39. The van der Waals surface area contributed by atoms with Crippen LogP contribution in [0, 0.1) is 11.8 Å². The fraction of sp³-hybridized carbons (Fsp3) is 0.600. The number of hydrogen-bond acceptors (Lipinski definition) is 2. The highest BCUT2D eigenvalue weighted by atomic mass is 79.9. The third-order valence-corrected chi connectivity index (χ3v) is 5.90. The minimum absolute atomic E-state index is 0.321. The SMILES string of the molecule is COc1cc(C(Br)C2CCCC2C)c(OC)cc1Br. The predicted molar refractivity (Wildman–Crippen MR) is 85.4 cm³/mol. The summed E-state index contributed by atoms with van der Waals surface area (Å²) in [6.07, 6.45) is 3.92. The molecule has 0 heterocycles. The van der Waals surface area contributed by atoms with Gasteiger partial charge in [-0.25, -0.2) is 0 Å². The van der Waals surface area contributed by atoms with Gasteiger partial charge in [-0.2, -0.15) is 0 Å². The Hall–Kier alpha value is -0.220. The van der Waals surface area contributed by atoms with Crippen molar-refractivity contribution >= 4 is 31.9 Å². The summed E-state index contributed by atoms with van der Waals surface area (Å²) in [4.78, 5) is 0.321. The highest BCUT2D eigenvalue weighted by Gasteiger charge is 2.32. The number of ether oxygens (including phenoxy) is 2. The van der Waals surface area contributed by atoms with Crippen LogP contribution in [-0.4, -0.2) is 14.2 Å².